The molecule has 0 unspecified atom stereocenters. The van der Waals surface area contributed by atoms with Crippen molar-refractivity contribution in [3.05, 3.63) is 57.8 Å². The predicted molar refractivity (Wildman–Crippen MR) is 79.2 cm³/mol. The molecule has 0 amide bonds. The molecule has 20 heavy (non-hydrogen) atoms. The molecule has 0 aliphatic carbocycles. The lowest BCUT2D eigenvalue weighted by molar-refractivity contribution is 0.0970. The van der Waals surface area contributed by atoms with Crippen molar-refractivity contribution in [2.24, 2.45) is 0 Å². The molecule has 0 fully saturated rings. The van der Waals surface area contributed by atoms with Crippen LogP contribution in [0.15, 0.2) is 35.4 Å². The smallest absolute Gasteiger partial charge is 0.299 e. The second-order valence-corrected chi connectivity index (χ2v) is 5.14. The molecule has 0 N–H and O–H groups in total. The third-order valence-corrected chi connectivity index (χ3v) is 3.39. The van der Waals surface area contributed by atoms with Crippen molar-refractivity contribution >= 4 is 5.78 Å². The average molecular weight is 272 g/mol. The van der Waals surface area contributed by atoms with E-state index in [2.05, 4.69) is 0 Å². The third-order valence-electron chi connectivity index (χ3n) is 3.39. The highest BCUT2D eigenvalue weighted by Gasteiger charge is 2.12. The molecule has 1 aromatic carbocycles. The van der Waals surface area contributed by atoms with Gasteiger partial charge in [-0.15, -0.1) is 0 Å². The van der Waals surface area contributed by atoms with Gasteiger partial charge < -0.3 is 0 Å². The molecule has 0 radical (unpaired) electrons. The summed E-state index contributed by atoms with van der Waals surface area (Å²) in [4.78, 5) is 24.4. The lowest BCUT2D eigenvalue weighted by atomic mass is 10.0. The molecule has 0 saturated heterocycles. The summed E-state index contributed by atoms with van der Waals surface area (Å²) >= 11 is 0. The fraction of sp³-hybridized carbons (Fsp3) is 0.375. The summed E-state index contributed by atoms with van der Waals surface area (Å²) < 4.78 is 3.11. The Balaban J connectivity index is 2.24. The maximum absolute atomic E-state index is 12.3. The van der Waals surface area contributed by atoms with Gasteiger partial charge in [-0.3, -0.25) is 13.9 Å². The van der Waals surface area contributed by atoms with Crippen LogP contribution < -0.4 is 5.69 Å². The van der Waals surface area contributed by atoms with Crippen LogP contribution >= 0.6 is 0 Å². The number of imidazole rings is 1. The van der Waals surface area contributed by atoms with Crippen molar-refractivity contribution in [3.63, 3.8) is 0 Å². The fourth-order valence-electron chi connectivity index (χ4n) is 2.26. The Bertz CT molecular complexity index is 680. The number of carbonyl (C=O) groups is 1. The molecule has 4 nitrogen and oxygen atoms in total. The second-order valence-electron chi connectivity index (χ2n) is 5.14. The van der Waals surface area contributed by atoms with Gasteiger partial charge in [0.05, 0.1) is 6.54 Å². The zero-order valence-corrected chi connectivity index (χ0v) is 12.2. The SMILES string of the molecule is CCCn1ccn(CC(=O)c2cc(C)ccc2C)c1=O. The molecular formula is C16H20N2O2. The Labute approximate surface area is 118 Å². The normalized spacial score (nSPS) is 10.8. The second kappa shape index (κ2) is 5.90. The monoisotopic (exact) mass is 272 g/mol. The van der Waals surface area contributed by atoms with Crippen molar-refractivity contribution in [1.82, 2.24) is 9.13 Å². The van der Waals surface area contributed by atoms with Crippen LogP contribution in [-0.2, 0) is 13.1 Å². The van der Waals surface area contributed by atoms with Crippen molar-refractivity contribution in [2.75, 3.05) is 0 Å². The number of hydrogen-bond acceptors (Lipinski definition) is 2. The molecule has 1 heterocycles. The maximum atomic E-state index is 12.3. The van der Waals surface area contributed by atoms with Crippen LogP contribution in [0.2, 0.25) is 0 Å². The zero-order chi connectivity index (χ0) is 14.7. The summed E-state index contributed by atoms with van der Waals surface area (Å²) in [6.45, 7) is 6.67. The zero-order valence-electron chi connectivity index (χ0n) is 12.2. The lowest BCUT2D eigenvalue weighted by Gasteiger charge is -2.06. The van der Waals surface area contributed by atoms with Crippen LogP contribution in [-0.4, -0.2) is 14.9 Å². The van der Waals surface area contributed by atoms with Crippen molar-refractivity contribution in [2.45, 2.75) is 40.3 Å². The molecule has 4 heteroatoms. The highest BCUT2D eigenvalue weighted by atomic mass is 16.2. The first kappa shape index (κ1) is 14.3. The minimum absolute atomic E-state index is 0.0254. The molecule has 0 aliphatic heterocycles. The van der Waals surface area contributed by atoms with E-state index in [0.29, 0.717) is 12.1 Å². The summed E-state index contributed by atoms with van der Waals surface area (Å²) in [5.74, 6) is -0.0254. The van der Waals surface area contributed by atoms with Gasteiger partial charge in [0.2, 0.25) is 0 Å². The maximum Gasteiger partial charge on any atom is 0.328 e. The van der Waals surface area contributed by atoms with Gasteiger partial charge in [-0.1, -0.05) is 24.6 Å². The van der Waals surface area contributed by atoms with E-state index in [-0.39, 0.29) is 18.0 Å². The molecule has 106 valence electrons. The van der Waals surface area contributed by atoms with Crippen LogP contribution in [0.3, 0.4) is 0 Å². The Morgan fingerprint density at radius 2 is 1.85 bits per heavy atom. The largest absolute Gasteiger partial charge is 0.328 e. The molecule has 1 aromatic heterocycles. The van der Waals surface area contributed by atoms with Gasteiger partial charge in [0.15, 0.2) is 5.78 Å². The Morgan fingerprint density at radius 1 is 1.15 bits per heavy atom. The Hall–Kier alpha value is -2.10. The number of nitrogens with zero attached hydrogens (tertiary/aromatic N) is 2. The van der Waals surface area contributed by atoms with Gasteiger partial charge in [0.25, 0.3) is 0 Å². The number of rotatable bonds is 5. The third kappa shape index (κ3) is 2.90. The number of carbonyl (C=O) groups excluding carboxylic acids is 1. The van der Waals surface area contributed by atoms with Gasteiger partial charge >= 0.3 is 5.69 Å². The Kier molecular flexibility index (Phi) is 4.23. The van der Waals surface area contributed by atoms with E-state index >= 15 is 0 Å². The van der Waals surface area contributed by atoms with E-state index < -0.39 is 0 Å². The summed E-state index contributed by atoms with van der Waals surface area (Å²) in [7, 11) is 0. The number of benzene rings is 1. The van der Waals surface area contributed by atoms with Gasteiger partial charge in [-0.2, -0.15) is 0 Å². The minimum Gasteiger partial charge on any atom is -0.299 e. The van der Waals surface area contributed by atoms with E-state index in [0.717, 1.165) is 17.5 Å². The molecule has 0 spiro atoms. The lowest BCUT2D eigenvalue weighted by Crippen LogP contribution is -2.27. The van der Waals surface area contributed by atoms with Crippen molar-refractivity contribution < 1.29 is 4.79 Å². The first-order valence-corrected chi connectivity index (χ1v) is 6.89. The summed E-state index contributed by atoms with van der Waals surface area (Å²) in [5.41, 5.74) is 2.57. The van der Waals surface area contributed by atoms with Crippen LogP contribution in [0.25, 0.3) is 0 Å². The first-order valence-electron chi connectivity index (χ1n) is 6.89. The fourth-order valence-corrected chi connectivity index (χ4v) is 2.26. The number of hydrogen-bond donors (Lipinski definition) is 0. The van der Waals surface area contributed by atoms with Crippen LogP contribution in [0, 0.1) is 13.8 Å². The van der Waals surface area contributed by atoms with Crippen molar-refractivity contribution in [3.8, 4) is 0 Å². The van der Waals surface area contributed by atoms with Gasteiger partial charge in [-0.25, -0.2) is 4.79 Å². The number of aromatic nitrogens is 2. The van der Waals surface area contributed by atoms with Crippen LogP contribution in [0.4, 0.5) is 0 Å². The number of ketones is 1. The molecule has 2 aromatic rings. The number of Topliss-reactive ketones (excluding diaryl/α,β-unsaturated/α-hetero) is 1. The van der Waals surface area contributed by atoms with Crippen molar-refractivity contribution in [1.29, 1.82) is 0 Å². The van der Waals surface area contributed by atoms with Gasteiger partial charge in [0, 0.05) is 24.5 Å². The van der Waals surface area contributed by atoms with E-state index in [4.69, 9.17) is 0 Å². The summed E-state index contributed by atoms with van der Waals surface area (Å²) in [5, 5.41) is 0. The van der Waals surface area contributed by atoms with E-state index in [1.54, 1.807) is 17.0 Å². The average Bonchev–Trinajstić information content (AvgIpc) is 2.75. The molecular weight excluding hydrogens is 252 g/mol. The minimum atomic E-state index is -0.120. The van der Waals surface area contributed by atoms with Crippen LogP contribution in [0.5, 0.6) is 0 Å². The van der Waals surface area contributed by atoms with E-state index in [1.807, 2.05) is 39.0 Å². The Morgan fingerprint density at radius 3 is 2.55 bits per heavy atom. The quantitative estimate of drug-likeness (QED) is 0.785. The highest BCUT2D eigenvalue weighted by Crippen LogP contribution is 2.12. The molecule has 2 rings (SSSR count). The standard InChI is InChI=1S/C16H20N2O2/c1-4-7-17-8-9-18(16(17)20)11-15(19)14-10-12(2)5-6-13(14)3/h5-6,8-10H,4,7,11H2,1-3H3. The number of aryl methyl sites for hydroxylation is 3. The molecule has 0 bridgehead atoms. The van der Waals surface area contributed by atoms with Crippen LogP contribution in [0.1, 0.15) is 34.8 Å². The topological polar surface area (TPSA) is 44.0 Å². The molecule has 0 aliphatic rings. The van der Waals surface area contributed by atoms with Gasteiger partial charge in [-0.05, 0) is 31.9 Å². The predicted octanol–water partition coefficient (Wildman–Crippen LogP) is 2.56. The molecule has 0 saturated carbocycles. The summed E-state index contributed by atoms with van der Waals surface area (Å²) in [6, 6.07) is 5.80. The summed E-state index contributed by atoms with van der Waals surface area (Å²) in [6.07, 6.45) is 4.32. The molecule has 0 atom stereocenters. The van der Waals surface area contributed by atoms with E-state index in [9.17, 15) is 9.59 Å². The highest BCUT2D eigenvalue weighted by molar-refractivity contribution is 5.97. The van der Waals surface area contributed by atoms with Gasteiger partial charge in [0.1, 0.15) is 0 Å². The first-order chi connectivity index (χ1) is 9.52. The van der Waals surface area contributed by atoms with E-state index in [1.165, 1.54) is 4.57 Å².